The molecule has 2 heterocycles. The summed E-state index contributed by atoms with van der Waals surface area (Å²) in [6.45, 7) is 2.75. The summed E-state index contributed by atoms with van der Waals surface area (Å²) in [5, 5.41) is 6.28. The molecule has 0 aliphatic carbocycles. The Morgan fingerprint density at radius 1 is 1.35 bits per heavy atom. The van der Waals surface area contributed by atoms with Gasteiger partial charge in [-0.1, -0.05) is 24.3 Å². The quantitative estimate of drug-likeness (QED) is 0.900. The number of carbonyl (C=O) groups excluding carboxylic acids is 1. The number of benzene rings is 1. The number of hydrogen-bond donors (Lipinski definition) is 2. The zero-order chi connectivity index (χ0) is 13.9. The zero-order valence-corrected chi connectivity index (χ0v) is 11.4. The smallest absolute Gasteiger partial charge is 0.242 e. The van der Waals surface area contributed by atoms with Crippen LogP contribution in [-0.2, 0) is 11.2 Å². The Hall–Kier alpha value is -2.07. The maximum atomic E-state index is 12.5. The molecule has 1 unspecified atom stereocenters. The van der Waals surface area contributed by atoms with Crippen LogP contribution in [0.2, 0.25) is 0 Å². The van der Waals surface area contributed by atoms with E-state index < -0.39 is 0 Å². The van der Waals surface area contributed by atoms with Crippen LogP contribution in [0.5, 0.6) is 0 Å². The summed E-state index contributed by atoms with van der Waals surface area (Å²) in [6, 6.07) is 11.4. The number of amides is 1. The van der Waals surface area contributed by atoms with Crippen LogP contribution in [0.4, 0.5) is 0 Å². The highest BCUT2D eigenvalue weighted by Crippen LogP contribution is 2.23. The van der Waals surface area contributed by atoms with Crippen LogP contribution in [0.25, 0.3) is 0 Å². The molecule has 2 atom stereocenters. The molecule has 0 radical (unpaired) electrons. The van der Waals surface area contributed by atoms with Gasteiger partial charge in [0.1, 0.15) is 11.8 Å². The molecule has 4 nitrogen and oxygen atoms in total. The molecule has 1 amide bonds. The van der Waals surface area contributed by atoms with Gasteiger partial charge in [-0.3, -0.25) is 4.79 Å². The predicted octanol–water partition coefficient (Wildman–Crippen LogP) is 2.34. The van der Waals surface area contributed by atoms with Crippen LogP contribution in [0, 0.1) is 0 Å². The normalized spacial score (nSPS) is 19.1. The average molecular weight is 270 g/mol. The summed E-state index contributed by atoms with van der Waals surface area (Å²) in [5.74, 6) is 0.753. The van der Waals surface area contributed by atoms with Gasteiger partial charge in [0.05, 0.1) is 12.3 Å². The number of nitrogens with one attached hydrogen (secondary N) is 2. The van der Waals surface area contributed by atoms with Crippen LogP contribution in [0.3, 0.4) is 0 Å². The van der Waals surface area contributed by atoms with E-state index in [1.54, 1.807) is 6.26 Å². The SMILES string of the molecule is C[C@@H](NC(=O)C1NCCc2ccccc21)c1ccco1. The Kier molecular flexibility index (Phi) is 3.56. The first-order valence-electron chi connectivity index (χ1n) is 6.90. The first-order chi connectivity index (χ1) is 9.75. The monoisotopic (exact) mass is 270 g/mol. The molecular weight excluding hydrogens is 252 g/mol. The van der Waals surface area contributed by atoms with Crippen molar-refractivity contribution in [1.29, 1.82) is 0 Å². The molecule has 4 heteroatoms. The molecule has 0 spiro atoms. The standard InChI is InChI=1S/C16H18N2O2/c1-11(14-7-4-10-20-14)18-16(19)15-13-6-3-2-5-12(13)8-9-17-15/h2-7,10-11,15,17H,8-9H2,1H3,(H,18,19)/t11-,15?/m1/s1. The maximum Gasteiger partial charge on any atom is 0.242 e. The number of carbonyl (C=O) groups is 1. The molecule has 1 aliphatic heterocycles. The van der Waals surface area contributed by atoms with E-state index in [0.29, 0.717) is 0 Å². The minimum atomic E-state index is -0.280. The van der Waals surface area contributed by atoms with Crippen molar-refractivity contribution < 1.29 is 9.21 Å². The van der Waals surface area contributed by atoms with E-state index in [0.717, 1.165) is 24.3 Å². The molecule has 0 saturated heterocycles. The van der Waals surface area contributed by atoms with Crippen molar-refractivity contribution in [2.24, 2.45) is 0 Å². The number of fused-ring (bicyclic) bond motifs is 1. The lowest BCUT2D eigenvalue weighted by Gasteiger charge is -2.27. The van der Waals surface area contributed by atoms with E-state index >= 15 is 0 Å². The van der Waals surface area contributed by atoms with Crippen LogP contribution in [-0.4, -0.2) is 12.5 Å². The van der Waals surface area contributed by atoms with Gasteiger partial charge in [-0.25, -0.2) is 0 Å². The van der Waals surface area contributed by atoms with Gasteiger partial charge >= 0.3 is 0 Å². The fraction of sp³-hybridized carbons (Fsp3) is 0.312. The molecule has 0 saturated carbocycles. The van der Waals surface area contributed by atoms with Gasteiger partial charge in [-0.05, 0) is 36.6 Å². The van der Waals surface area contributed by atoms with Crippen LogP contribution < -0.4 is 10.6 Å². The highest BCUT2D eigenvalue weighted by Gasteiger charge is 2.27. The second kappa shape index (κ2) is 5.51. The third-order valence-corrected chi connectivity index (χ3v) is 3.70. The van der Waals surface area contributed by atoms with Gasteiger partial charge < -0.3 is 15.1 Å². The third kappa shape index (κ3) is 2.47. The van der Waals surface area contributed by atoms with Crippen LogP contribution in [0.15, 0.2) is 47.1 Å². The Morgan fingerprint density at radius 3 is 3.00 bits per heavy atom. The van der Waals surface area contributed by atoms with Crippen molar-refractivity contribution >= 4 is 5.91 Å². The van der Waals surface area contributed by atoms with Crippen molar-refractivity contribution in [3.05, 3.63) is 59.5 Å². The maximum absolute atomic E-state index is 12.5. The van der Waals surface area contributed by atoms with Crippen molar-refractivity contribution in [3.63, 3.8) is 0 Å². The van der Waals surface area contributed by atoms with E-state index in [-0.39, 0.29) is 18.0 Å². The lowest BCUT2D eigenvalue weighted by Crippen LogP contribution is -2.42. The van der Waals surface area contributed by atoms with Crippen molar-refractivity contribution in [2.45, 2.75) is 25.4 Å². The summed E-state index contributed by atoms with van der Waals surface area (Å²) in [5.41, 5.74) is 2.32. The van der Waals surface area contributed by atoms with Gasteiger partial charge in [-0.2, -0.15) is 0 Å². The Labute approximate surface area is 118 Å². The third-order valence-electron chi connectivity index (χ3n) is 3.70. The van der Waals surface area contributed by atoms with E-state index in [1.165, 1.54) is 5.56 Å². The molecule has 1 aromatic carbocycles. The molecular formula is C16H18N2O2. The fourth-order valence-electron chi connectivity index (χ4n) is 2.64. The van der Waals surface area contributed by atoms with Crippen LogP contribution in [0.1, 0.15) is 35.9 Å². The van der Waals surface area contributed by atoms with Crippen molar-refractivity contribution in [3.8, 4) is 0 Å². The molecule has 3 rings (SSSR count). The summed E-state index contributed by atoms with van der Waals surface area (Å²) < 4.78 is 5.32. The number of rotatable bonds is 3. The molecule has 1 aliphatic rings. The highest BCUT2D eigenvalue weighted by molar-refractivity contribution is 5.84. The van der Waals surface area contributed by atoms with Crippen molar-refractivity contribution in [1.82, 2.24) is 10.6 Å². The van der Waals surface area contributed by atoms with Crippen molar-refractivity contribution in [2.75, 3.05) is 6.54 Å². The second-order valence-corrected chi connectivity index (χ2v) is 5.08. The lowest BCUT2D eigenvalue weighted by atomic mass is 9.94. The second-order valence-electron chi connectivity index (χ2n) is 5.08. The van der Waals surface area contributed by atoms with Gasteiger partial charge in [0.15, 0.2) is 0 Å². The average Bonchev–Trinajstić information content (AvgIpc) is 3.01. The summed E-state index contributed by atoms with van der Waals surface area (Å²) in [4.78, 5) is 12.5. The van der Waals surface area contributed by atoms with Gasteiger partial charge in [0.25, 0.3) is 0 Å². The Morgan fingerprint density at radius 2 is 2.20 bits per heavy atom. The topological polar surface area (TPSA) is 54.3 Å². The summed E-state index contributed by atoms with van der Waals surface area (Å²) in [6.07, 6.45) is 2.58. The van der Waals surface area contributed by atoms with Gasteiger partial charge in [-0.15, -0.1) is 0 Å². The highest BCUT2D eigenvalue weighted by atomic mass is 16.3. The molecule has 2 aromatic rings. The molecule has 104 valence electrons. The lowest BCUT2D eigenvalue weighted by molar-refractivity contribution is -0.124. The Bertz CT molecular complexity index is 592. The predicted molar refractivity (Wildman–Crippen MR) is 76.2 cm³/mol. The Balaban J connectivity index is 1.75. The van der Waals surface area contributed by atoms with Gasteiger partial charge in [0.2, 0.25) is 5.91 Å². The largest absolute Gasteiger partial charge is 0.467 e. The van der Waals surface area contributed by atoms with E-state index in [9.17, 15) is 4.79 Å². The first kappa shape index (κ1) is 12.9. The van der Waals surface area contributed by atoms with E-state index in [2.05, 4.69) is 16.7 Å². The molecule has 1 aromatic heterocycles. The van der Waals surface area contributed by atoms with E-state index in [1.807, 2.05) is 37.3 Å². The molecule has 20 heavy (non-hydrogen) atoms. The molecule has 2 N–H and O–H groups in total. The molecule has 0 bridgehead atoms. The van der Waals surface area contributed by atoms with Gasteiger partial charge in [0, 0.05) is 6.54 Å². The first-order valence-corrected chi connectivity index (χ1v) is 6.90. The number of hydrogen-bond acceptors (Lipinski definition) is 3. The zero-order valence-electron chi connectivity index (χ0n) is 11.4. The van der Waals surface area contributed by atoms with Crippen LogP contribution >= 0.6 is 0 Å². The summed E-state index contributed by atoms with van der Waals surface area (Å²) >= 11 is 0. The number of furan rings is 1. The van der Waals surface area contributed by atoms with E-state index in [4.69, 9.17) is 4.42 Å². The minimum Gasteiger partial charge on any atom is -0.467 e. The fourth-order valence-corrected chi connectivity index (χ4v) is 2.64. The molecule has 0 fully saturated rings. The minimum absolute atomic E-state index is 0.0129. The summed E-state index contributed by atoms with van der Waals surface area (Å²) in [7, 11) is 0.